The summed E-state index contributed by atoms with van der Waals surface area (Å²) in [6, 6.07) is 0. The van der Waals surface area contributed by atoms with E-state index in [0.29, 0.717) is 13.1 Å². The van der Waals surface area contributed by atoms with Gasteiger partial charge >= 0.3 is 5.97 Å². The third-order valence-corrected chi connectivity index (χ3v) is 2.09. The molecule has 5 nitrogen and oxygen atoms in total. The van der Waals surface area contributed by atoms with Gasteiger partial charge in [-0.05, 0) is 0 Å². The summed E-state index contributed by atoms with van der Waals surface area (Å²) in [6.45, 7) is 4.42. The molecular weight excluding hydrogens is 194 g/mol. The number of imidazole rings is 1. The zero-order valence-corrected chi connectivity index (χ0v) is 8.73. The second kappa shape index (κ2) is 5.31. The fraction of sp³-hybridized carbons (Fsp3) is 0.400. The molecule has 0 aliphatic carbocycles. The Morgan fingerprint density at radius 2 is 2.47 bits per heavy atom. The molecule has 0 aliphatic heterocycles. The number of aromatic nitrogens is 2. The topological polar surface area (TPSA) is 67.2 Å². The van der Waals surface area contributed by atoms with E-state index in [-0.39, 0.29) is 5.57 Å². The molecule has 1 aromatic rings. The number of hydrogen-bond acceptors (Lipinski definition) is 3. The second-order valence-corrected chi connectivity index (χ2v) is 3.29. The van der Waals surface area contributed by atoms with Gasteiger partial charge in [0.25, 0.3) is 0 Å². The van der Waals surface area contributed by atoms with Crippen LogP contribution in [-0.4, -0.2) is 33.7 Å². The number of hydrogen-bond donors (Lipinski definition) is 2. The highest BCUT2D eigenvalue weighted by Gasteiger charge is 2.03. The highest BCUT2D eigenvalue weighted by Crippen LogP contribution is 1.94. The lowest BCUT2D eigenvalue weighted by Crippen LogP contribution is -2.23. The average Bonchev–Trinajstić information content (AvgIpc) is 2.58. The van der Waals surface area contributed by atoms with Crippen LogP contribution in [0.1, 0.15) is 5.82 Å². The lowest BCUT2D eigenvalue weighted by Gasteiger charge is -2.04. The van der Waals surface area contributed by atoms with Gasteiger partial charge in [0, 0.05) is 44.5 Å². The lowest BCUT2D eigenvalue weighted by molar-refractivity contribution is -0.132. The molecule has 0 amide bonds. The summed E-state index contributed by atoms with van der Waals surface area (Å²) in [7, 11) is 1.93. The molecule has 82 valence electrons. The maximum atomic E-state index is 10.4. The Morgan fingerprint density at radius 3 is 3.00 bits per heavy atom. The molecule has 0 atom stereocenters. The SMILES string of the molecule is C=C(CNCCc1nccn1C)C(=O)O. The van der Waals surface area contributed by atoms with E-state index in [0.717, 1.165) is 12.2 Å². The van der Waals surface area contributed by atoms with Crippen LogP contribution in [0.3, 0.4) is 0 Å². The molecule has 0 saturated carbocycles. The van der Waals surface area contributed by atoms with Crippen molar-refractivity contribution in [2.24, 2.45) is 7.05 Å². The molecule has 0 radical (unpaired) electrons. The molecular formula is C10H15N3O2. The maximum absolute atomic E-state index is 10.4. The van der Waals surface area contributed by atoms with Gasteiger partial charge < -0.3 is 15.0 Å². The van der Waals surface area contributed by atoms with Gasteiger partial charge in [-0.1, -0.05) is 6.58 Å². The van der Waals surface area contributed by atoms with Crippen molar-refractivity contribution >= 4 is 5.97 Å². The summed E-state index contributed by atoms with van der Waals surface area (Å²) in [5, 5.41) is 11.6. The summed E-state index contributed by atoms with van der Waals surface area (Å²) in [5.41, 5.74) is 0.176. The van der Waals surface area contributed by atoms with E-state index in [1.54, 1.807) is 6.20 Å². The Kier molecular flexibility index (Phi) is 4.05. The number of aliphatic carboxylic acids is 1. The van der Waals surface area contributed by atoms with Crippen LogP contribution in [-0.2, 0) is 18.3 Å². The van der Waals surface area contributed by atoms with Crippen molar-refractivity contribution in [3.8, 4) is 0 Å². The first-order valence-electron chi connectivity index (χ1n) is 4.69. The van der Waals surface area contributed by atoms with Crippen molar-refractivity contribution in [2.45, 2.75) is 6.42 Å². The fourth-order valence-corrected chi connectivity index (χ4v) is 1.15. The number of aryl methyl sites for hydroxylation is 1. The Morgan fingerprint density at radius 1 is 1.73 bits per heavy atom. The lowest BCUT2D eigenvalue weighted by atomic mass is 10.3. The first kappa shape index (κ1) is 11.5. The molecule has 0 spiro atoms. The monoisotopic (exact) mass is 209 g/mol. The normalized spacial score (nSPS) is 10.2. The van der Waals surface area contributed by atoms with Crippen molar-refractivity contribution in [3.05, 3.63) is 30.4 Å². The largest absolute Gasteiger partial charge is 0.478 e. The molecule has 0 aliphatic rings. The Balaban J connectivity index is 2.20. The number of carboxylic acid groups (broad SMARTS) is 1. The average molecular weight is 209 g/mol. The van der Waals surface area contributed by atoms with Gasteiger partial charge in [-0.15, -0.1) is 0 Å². The standard InChI is InChI=1S/C10H15N3O2/c1-8(10(14)15)7-11-4-3-9-12-5-6-13(9)2/h5-6,11H,1,3-4,7H2,2H3,(H,14,15). The summed E-state index contributed by atoms with van der Waals surface area (Å²) >= 11 is 0. The van der Waals surface area contributed by atoms with E-state index < -0.39 is 5.97 Å². The smallest absolute Gasteiger partial charge is 0.332 e. The third-order valence-electron chi connectivity index (χ3n) is 2.09. The van der Waals surface area contributed by atoms with Gasteiger partial charge in [-0.25, -0.2) is 9.78 Å². The third kappa shape index (κ3) is 3.55. The van der Waals surface area contributed by atoms with Crippen LogP contribution in [0, 0.1) is 0 Å². The Bertz CT molecular complexity index is 357. The van der Waals surface area contributed by atoms with Crippen LogP contribution in [0.4, 0.5) is 0 Å². The van der Waals surface area contributed by atoms with Gasteiger partial charge in [-0.3, -0.25) is 0 Å². The molecule has 15 heavy (non-hydrogen) atoms. The zero-order chi connectivity index (χ0) is 11.3. The van der Waals surface area contributed by atoms with E-state index in [1.165, 1.54) is 0 Å². The molecule has 0 bridgehead atoms. The molecule has 0 saturated heterocycles. The van der Waals surface area contributed by atoms with Crippen molar-refractivity contribution in [2.75, 3.05) is 13.1 Å². The molecule has 1 heterocycles. The minimum Gasteiger partial charge on any atom is -0.478 e. The van der Waals surface area contributed by atoms with Crippen LogP contribution < -0.4 is 5.32 Å². The van der Waals surface area contributed by atoms with Gasteiger partial charge in [-0.2, -0.15) is 0 Å². The molecule has 2 N–H and O–H groups in total. The number of carboxylic acids is 1. The van der Waals surface area contributed by atoms with Crippen molar-refractivity contribution in [3.63, 3.8) is 0 Å². The van der Waals surface area contributed by atoms with Gasteiger partial charge in [0.2, 0.25) is 0 Å². The van der Waals surface area contributed by atoms with Gasteiger partial charge in [0.1, 0.15) is 5.82 Å². The van der Waals surface area contributed by atoms with Crippen LogP contribution >= 0.6 is 0 Å². The van der Waals surface area contributed by atoms with Crippen molar-refractivity contribution < 1.29 is 9.90 Å². The van der Waals surface area contributed by atoms with E-state index >= 15 is 0 Å². The van der Waals surface area contributed by atoms with E-state index in [2.05, 4.69) is 16.9 Å². The van der Waals surface area contributed by atoms with E-state index in [4.69, 9.17) is 5.11 Å². The minimum atomic E-state index is -0.959. The Hall–Kier alpha value is -1.62. The summed E-state index contributed by atoms with van der Waals surface area (Å²) in [6.07, 6.45) is 4.40. The van der Waals surface area contributed by atoms with Crippen LogP contribution in [0.15, 0.2) is 24.5 Å². The predicted molar refractivity (Wildman–Crippen MR) is 56.6 cm³/mol. The summed E-state index contributed by atoms with van der Waals surface area (Å²) < 4.78 is 1.94. The molecule has 0 unspecified atom stereocenters. The highest BCUT2D eigenvalue weighted by molar-refractivity contribution is 5.86. The molecule has 1 rings (SSSR count). The fourth-order valence-electron chi connectivity index (χ4n) is 1.15. The first-order valence-corrected chi connectivity index (χ1v) is 4.69. The number of carbonyl (C=O) groups is 1. The van der Waals surface area contributed by atoms with Crippen LogP contribution in [0.5, 0.6) is 0 Å². The maximum Gasteiger partial charge on any atom is 0.332 e. The molecule has 5 heteroatoms. The zero-order valence-electron chi connectivity index (χ0n) is 8.73. The van der Waals surface area contributed by atoms with Crippen molar-refractivity contribution in [1.29, 1.82) is 0 Å². The second-order valence-electron chi connectivity index (χ2n) is 3.29. The Labute approximate surface area is 88.4 Å². The summed E-state index contributed by atoms with van der Waals surface area (Å²) in [4.78, 5) is 14.6. The number of nitrogens with zero attached hydrogens (tertiary/aromatic N) is 2. The predicted octanol–water partition coefficient (Wildman–Crippen LogP) is 0.193. The van der Waals surface area contributed by atoms with Gasteiger partial charge in [0.05, 0.1) is 0 Å². The molecule has 0 fully saturated rings. The van der Waals surface area contributed by atoms with Crippen LogP contribution in [0.2, 0.25) is 0 Å². The highest BCUT2D eigenvalue weighted by atomic mass is 16.4. The number of nitrogens with one attached hydrogen (secondary N) is 1. The van der Waals surface area contributed by atoms with Gasteiger partial charge in [0.15, 0.2) is 0 Å². The minimum absolute atomic E-state index is 0.176. The summed E-state index contributed by atoms with van der Waals surface area (Å²) in [5.74, 6) is 0.0166. The van der Waals surface area contributed by atoms with E-state index in [1.807, 2.05) is 17.8 Å². The molecule has 1 aromatic heterocycles. The molecule has 0 aromatic carbocycles. The first-order chi connectivity index (χ1) is 7.11. The van der Waals surface area contributed by atoms with Crippen LogP contribution in [0.25, 0.3) is 0 Å². The quantitative estimate of drug-likeness (QED) is 0.518. The number of rotatable bonds is 6. The van der Waals surface area contributed by atoms with Crippen molar-refractivity contribution in [1.82, 2.24) is 14.9 Å². The van der Waals surface area contributed by atoms with E-state index in [9.17, 15) is 4.79 Å².